The average Bonchev–Trinajstić information content (AvgIpc) is 2.46. The molecule has 3 heteroatoms. The molecule has 0 amide bonds. The predicted molar refractivity (Wildman–Crippen MR) is 70.3 cm³/mol. The second kappa shape index (κ2) is 5.96. The van der Waals surface area contributed by atoms with Gasteiger partial charge in [0.15, 0.2) is 0 Å². The van der Waals surface area contributed by atoms with Crippen LogP contribution in [-0.2, 0) is 6.61 Å². The van der Waals surface area contributed by atoms with Crippen LogP contribution in [0.15, 0.2) is 48.5 Å². The van der Waals surface area contributed by atoms with Crippen LogP contribution >= 0.6 is 0 Å². The second-order valence-electron chi connectivity index (χ2n) is 3.82. The van der Waals surface area contributed by atoms with Gasteiger partial charge in [-0.05, 0) is 42.0 Å². The molecule has 2 rings (SSSR count). The summed E-state index contributed by atoms with van der Waals surface area (Å²) in [6.07, 6.45) is 0. The van der Waals surface area contributed by atoms with Crippen molar-refractivity contribution in [3.05, 3.63) is 54.1 Å². The van der Waals surface area contributed by atoms with Crippen LogP contribution in [0.2, 0.25) is 0 Å². The lowest BCUT2D eigenvalue weighted by Crippen LogP contribution is -1.96. The Kier molecular flexibility index (Phi) is 4.07. The molecule has 2 aromatic rings. The molecule has 0 N–H and O–H groups in total. The summed E-state index contributed by atoms with van der Waals surface area (Å²) in [6, 6.07) is 15.4. The monoisotopic (exact) mass is 244 g/mol. The fourth-order valence-corrected chi connectivity index (χ4v) is 1.60. The third kappa shape index (κ3) is 3.17. The third-order valence-corrected chi connectivity index (χ3v) is 2.60. The standard InChI is InChI=1S/C15H16O3/c1-16-13-6-8-14(9-7-13)18-11-12-4-3-5-15(10-12)17-2/h3-10H,11H2,1-2H3. The van der Waals surface area contributed by atoms with E-state index in [9.17, 15) is 0 Å². The summed E-state index contributed by atoms with van der Waals surface area (Å²) in [6.45, 7) is 0.517. The Morgan fingerprint density at radius 2 is 1.44 bits per heavy atom. The molecule has 0 fully saturated rings. The molecule has 2 aromatic carbocycles. The summed E-state index contributed by atoms with van der Waals surface area (Å²) in [4.78, 5) is 0. The van der Waals surface area contributed by atoms with Crippen molar-refractivity contribution >= 4 is 0 Å². The van der Waals surface area contributed by atoms with Crippen molar-refractivity contribution in [3.8, 4) is 17.2 Å². The third-order valence-electron chi connectivity index (χ3n) is 2.60. The van der Waals surface area contributed by atoms with Gasteiger partial charge in [-0.3, -0.25) is 0 Å². The van der Waals surface area contributed by atoms with E-state index in [1.165, 1.54) is 0 Å². The number of methoxy groups -OCH3 is 2. The Morgan fingerprint density at radius 1 is 0.778 bits per heavy atom. The molecule has 0 spiro atoms. The van der Waals surface area contributed by atoms with Crippen molar-refractivity contribution in [1.82, 2.24) is 0 Å². The van der Waals surface area contributed by atoms with Crippen LogP contribution in [0.3, 0.4) is 0 Å². The van der Waals surface area contributed by atoms with Crippen LogP contribution in [0.5, 0.6) is 17.2 Å². The summed E-state index contributed by atoms with van der Waals surface area (Å²) in [5.41, 5.74) is 1.07. The average molecular weight is 244 g/mol. The van der Waals surface area contributed by atoms with Crippen molar-refractivity contribution in [2.75, 3.05) is 14.2 Å². The highest BCUT2D eigenvalue weighted by Gasteiger charge is 1.98. The highest BCUT2D eigenvalue weighted by Crippen LogP contribution is 2.19. The first-order valence-electron chi connectivity index (χ1n) is 5.71. The van der Waals surface area contributed by atoms with Gasteiger partial charge >= 0.3 is 0 Å². The van der Waals surface area contributed by atoms with Gasteiger partial charge in [0.1, 0.15) is 23.9 Å². The lowest BCUT2D eigenvalue weighted by molar-refractivity contribution is 0.304. The minimum atomic E-state index is 0.517. The lowest BCUT2D eigenvalue weighted by atomic mass is 10.2. The van der Waals surface area contributed by atoms with Gasteiger partial charge < -0.3 is 14.2 Å². The molecule has 0 saturated carbocycles. The molecule has 0 aliphatic rings. The van der Waals surface area contributed by atoms with Crippen molar-refractivity contribution in [2.24, 2.45) is 0 Å². The first-order valence-corrected chi connectivity index (χ1v) is 5.71. The maximum Gasteiger partial charge on any atom is 0.120 e. The smallest absolute Gasteiger partial charge is 0.120 e. The molecule has 3 nitrogen and oxygen atoms in total. The first kappa shape index (κ1) is 12.3. The fourth-order valence-electron chi connectivity index (χ4n) is 1.60. The van der Waals surface area contributed by atoms with E-state index in [4.69, 9.17) is 14.2 Å². The van der Waals surface area contributed by atoms with Crippen LogP contribution in [-0.4, -0.2) is 14.2 Å². The van der Waals surface area contributed by atoms with E-state index in [2.05, 4.69) is 0 Å². The van der Waals surface area contributed by atoms with Crippen molar-refractivity contribution in [2.45, 2.75) is 6.61 Å². The van der Waals surface area contributed by atoms with Gasteiger partial charge in [0.25, 0.3) is 0 Å². The Hall–Kier alpha value is -2.16. The maximum absolute atomic E-state index is 5.68. The van der Waals surface area contributed by atoms with E-state index in [0.717, 1.165) is 22.8 Å². The molecule has 0 aliphatic heterocycles. The summed E-state index contributed by atoms with van der Waals surface area (Å²) in [5.74, 6) is 2.48. The van der Waals surface area contributed by atoms with Gasteiger partial charge in [-0.25, -0.2) is 0 Å². The van der Waals surface area contributed by atoms with E-state index in [-0.39, 0.29) is 0 Å². The molecular formula is C15H16O3. The second-order valence-corrected chi connectivity index (χ2v) is 3.82. The van der Waals surface area contributed by atoms with Crippen molar-refractivity contribution in [1.29, 1.82) is 0 Å². The van der Waals surface area contributed by atoms with Crippen molar-refractivity contribution < 1.29 is 14.2 Å². The summed E-state index contributed by atoms with van der Waals surface area (Å²) in [7, 11) is 3.30. The molecular weight excluding hydrogens is 228 g/mol. The Bertz CT molecular complexity index is 491. The molecule has 0 bridgehead atoms. The highest BCUT2D eigenvalue weighted by molar-refractivity contribution is 5.32. The molecule has 0 aromatic heterocycles. The predicted octanol–water partition coefficient (Wildman–Crippen LogP) is 3.28. The first-order chi connectivity index (χ1) is 8.81. The number of ether oxygens (including phenoxy) is 3. The molecule has 0 unspecified atom stereocenters. The van der Waals surface area contributed by atoms with E-state index >= 15 is 0 Å². The van der Waals surface area contributed by atoms with Crippen LogP contribution in [0.4, 0.5) is 0 Å². The zero-order valence-corrected chi connectivity index (χ0v) is 10.6. The summed E-state index contributed by atoms with van der Waals surface area (Å²) in [5, 5.41) is 0. The molecule has 0 heterocycles. The van der Waals surface area contributed by atoms with Crippen LogP contribution in [0.25, 0.3) is 0 Å². The van der Waals surface area contributed by atoms with Gasteiger partial charge in [-0.15, -0.1) is 0 Å². The van der Waals surface area contributed by atoms with Crippen LogP contribution < -0.4 is 14.2 Å². The van der Waals surface area contributed by atoms with E-state index < -0.39 is 0 Å². The van der Waals surface area contributed by atoms with E-state index in [0.29, 0.717) is 6.61 Å². The number of benzene rings is 2. The minimum absolute atomic E-state index is 0.517. The Morgan fingerprint density at radius 3 is 2.11 bits per heavy atom. The SMILES string of the molecule is COc1ccc(OCc2cccc(OC)c2)cc1. The molecule has 18 heavy (non-hydrogen) atoms. The van der Waals surface area contributed by atoms with E-state index in [1.54, 1.807) is 14.2 Å². The van der Waals surface area contributed by atoms with Gasteiger partial charge in [0.2, 0.25) is 0 Å². The quantitative estimate of drug-likeness (QED) is 0.807. The molecule has 0 radical (unpaired) electrons. The fraction of sp³-hybridized carbons (Fsp3) is 0.200. The molecule has 94 valence electrons. The molecule has 0 saturated heterocycles. The van der Waals surface area contributed by atoms with Gasteiger partial charge in [-0.2, -0.15) is 0 Å². The van der Waals surface area contributed by atoms with E-state index in [1.807, 2.05) is 48.5 Å². The van der Waals surface area contributed by atoms with Crippen LogP contribution in [0, 0.1) is 0 Å². The van der Waals surface area contributed by atoms with Crippen LogP contribution in [0.1, 0.15) is 5.56 Å². The highest BCUT2D eigenvalue weighted by atomic mass is 16.5. The minimum Gasteiger partial charge on any atom is -0.497 e. The summed E-state index contributed by atoms with van der Waals surface area (Å²) >= 11 is 0. The molecule has 0 aliphatic carbocycles. The Labute approximate surface area is 107 Å². The molecule has 0 atom stereocenters. The Balaban J connectivity index is 1.97. The van der Waals surface area contributed by atoms with Gasteiger partial charge in [-0.1, -0.05) is 12.1 Å². The lowest BCUT2D eigenvalue weighted by Gasteiger charge is -2.08. The topological polar surface area (TPSA) is 27.7 Å². The number of hydrogen-bond acceptors (Lipinski definition) is 3. The number of rotatable bonds is 5. The van der Waals surface area contributed by atoms with Gasteiger partial charge in [0, 0.05) is 0 Å². The van der Waals surface area contributed by atoms with Crippen molar-refractivity contribution in [3.63, 3.8) is 0 Å². The van der Waals surface area contributed by atoms with Gasteiger partial charge in [0.05, 0.1) is 14.2 Å². The normalized spacial score (nSPS) is 9.89. The zero-order chi connectivity index (χ0) is 12.8. The largest absolute Gasteiger partial charge is 0.497 e. The zero-order valence-electron chi connectivity index (χ0n) is 10.6. The number of hydrogen-bond donors (Lipinski definition) is 0. The maximum atomic E-state index is 5.68. The summed E-state index contributed by atoms with van der Waals surface area (Å²) < 4.78 is 15.9.